The number of aromatic nitrogens is 2. The minimum atomic E-state index is 0.934. The Hall–Kier alpha value is -5.86. The van der Waals surface area contributed by atoms with E-state index in [2.05, 4.69) is 167 Å². The summed E-state index contributed by atoms with van der Waals surface area (Å²) in [5.41, 5.74) is 15.4. The first-order valence-corrected chi connectivity index (χ1v) is 15.7. The molecule has 9 aromatic rings. The molecule has 0 aliphatic heterocycles. The van der Waals surface area contributed by atoms with Crippen LogP contribution in [0.3, 0.4) is 0 Å². The van der Waals surface area contributed by atoms with Gasteiger partial charge in [0.2, 0.25) is 0 Å². The Morgan fingerprint density at radius 2 is 0.911 bits per heavy atom. The summed E-state index contributed by atoms with van der Waals surface area (Å²) in [4.78, 5) is 0. The van der Waals surface area contributed by atoms with E-state index in [0.29, 0.717) is 0 Å². The molecule has 0 saturated carbocycles. The van der Waals surface area contributed by atoms with Crippen molar-refractivity contribution in [3.63, 3.8) is 0 Å². The number of rotatable bonds is 3. The Morgan fingerprint density at radius 3 is 1.53 bits per heavy atom. The smallest absolute Gasteiger partial charge is 0.0541 e. The van der Waals surface area contributed by atoms with Crippen molar-refractivity contribution >= 4 is 43.6 Å². The van der Waals surface area contributed by atoms with Gasteiger partial charge in [-0.2, -0.15) is 0 Å². The zero-order valence-corrected chi connectivity index (χ0v) is 24.6. The first-order valence-electron chi connectivity index (χ1n) is 15.7. The van der Waals surface area contributed by atoms with Crippen LogP contribution in [0.2, 0.25) is 0 Å². The third kappa shape index (κ3) is 3.51. The molecule has 2 heterocycles. The minimum absolute atomic E-state index is 0.934. The van der Waals surface area contributed by atoms with Gasteiger partial charge in [0.05, 0.1) is 27.8 Å². The molecule has 0 spiro atoms. The fourth-order valence-electron chi connectivity index (χ4n) is 7.78. The molecule has 210 valence electrons. The molecular formula is C43H28N2. The molecule has 0 N–H and O–H groups in total. The molecule has 0 amide bonds. The van der Waals surface area contributed by atoms with Crippen molar-refractivity contribution in [3.8, 4) is 33.6 Å². The summed E-state index contributed by atoms with van der Waals surface area (Å²) in [5.74, 6) is 0. The second-order valence-corrected chi connectivity index (χ2v) is 12.1. The Labute approximate surface area is 261 Å². The second-order valence-electron chi connectivity index (χ2n) is 12.1. The highest BCUT2D eigenvalue weighted by atomic mass is 15.0. The van der Waals surface area contributed by atoms with Gasteiger partial charge in [0.1, 0.15) is 0 Å². The summed E-state index contributed by atoms with van der Waals surface area (Å²) >= 11 is 0. The monoisotopic (exact) mass is 572 g/mol. The van der Waals surface area contributed by atoms with E-state index in [4.69, 9.17) is 0 Å². The van der Waals surface area contributed by atoms with E-state index >= 15 is 0 Å². The molecule has 2 nitrogen and oxygen atoms in total. The van der Waals surface area contributed by atoms with Crippen molar-refractivity contribution < 1.29 is 0 Å². The van der Waals surface area contributed by atoms with Crippen LogP contribution in [0.5, 0.6) is 0 Å². The van der Waals surface area contributed by atoms with Gasteiger partial charge in [0.15, 0.2) is 0 Å². The van der Waals surface area contributed by atoms with Crippen molar-refractivity contribution in [2.45, 2.75) is 6.42 Å². The average molecular weight is 573 g/mol. The minimum Gasteiger partial charge on any atom is -0.309 e. The third-order valence-electron chi connectivity index (χ3n) is 9.76. The molecule has 0 saturated heterocycles. The van der Waals surface area contributed by atoms with Crippen LogP contribution >= 0.6 is 0 Å². The number of para-hydroxylation sites is 4. The van der Waals surface area contributed by atoms with Gasteiger partial charge < -0.3 is 9.13 Å². The van der Waals surface area contributed by atoms with Crippen LogP contribution in [0.1, 0.15) is 11.1 Å². The van der Waals surface area contributed by atoms with Gasteiger partial charge in [-0.15, -0.1) is 0 Å². The lowest BCUT2D eigenvalue weighted by Gasteiger charge is -2.13. The van der Waals surface area contributed by atoms with Crippen molar-refractivity contribution in [2.24, 2.45) is 0 Å². The lowest BCUT2D eigenvalue weighted by molar-refractivity contribution is 1.12. The maximum Gasteiger partial charge on any atom is 0.0541 e. The van der Waals surface area contributed by atoms with E-state index < -0.39 is 0 Å². The number of hydrogen-bond acceptors (Lipinski definition) is 0. The predicted molar refractivity (Wildman–Crippen MR) is 189 cm³/mol. The van der Waals surface area contributed by atoms with E-state index in [9.17, 15) is 0 Å². The molecule has 2 heteroatoms. The van der Waals surface area contributed by atoms with Crippen molar-refractivity contribution in [3.05, 3.63) is 169 Å². The zero-order valence-electron chi connectivity index (χ0n) is 24.6. The molecule has 10 rings (SSSR count). The highest BCUT2D eigenvalue weighted by Crippen LogP contribution is 2.44. The van der Waals surface area contributed by atoms with Gasteiger partial charge in [-0.3, -0.25) is 0 Å². The summed E-state index contributed by atoms with van der Waals surface area (Å²) in [6.45, 7) is 0. The maximum absolute atomic E-state index is 2.46. The predicted octanol–water partition coefficient (Wildman–Crippen LogP) is 11.1. The summed E-state index contributed by atoms with van der Waals surface area (Å²) < 4.78 is 4.86. The van der Waals surface area contributed by atoms with Crippen LogP contribution in [0, 0.1) is 0 Å². The first kappa shape index (κ1) is 24.6. The average Bonchev–Trinajstić information content (AvgIpc) is 3.76. The molecule has 1 aliphatic rings. The third-order valence-corrected chi connectivity index (χ3v) is 9.76. The van der Waals surface area contributed by atoms with E-state index in [0.717, 1.165) is 6.42 Å². The highest BCUT2D eigenvalue weighted by Gasteiger charge is 2.24. The second kappa shape index (κ2) is 9.32. The molecule has 0 bridgehead atoms. The molecule has 2 aromatic heterocycles. The topological polar surface area (TPSA) is 9.86 Å². The number of nitrogens with zero attached hydrogens (tertiary/aromatic N) is 2. The van der Waals surface area contributed by atoms with Gasteiger partial charge in [0.25, 0.3) is 0 Å². The standard InChI is InChI=1S/C43H28N2/c1-5-18-39-33(13-1)34-14-2-6-19-40(34)44(39)31-12-9-11-28(25-31)29-23-24-30-27-38-32(37(30)26-29)17-10-22-43(38)45-41-20-7-3-15-35(41)36-16-4-8-21-42(36)45/h1-26H,27H2. The van der Waals surface area contributed by atoms with Gasteiger partial charge in [-0.05, 0) is 81.9 Å². The van der Waals surface area contributed by atoms with E-state index in [1.807, 2.05) is 0 Å². The first-order chi connectivity index (χ1) is 22.3. The Balaban J connectivity index is 1.12. The van der Waals surface area contributed by atoms with Crippen LogP contribution in [-0.4, -0.2) is 9.13 Å². The van der Waals surface area contributed by atoms with Crippen LogP contribution in [0.4, 0.5) is 0 Å². The van der Waals surface area contributed by atoms with Gasteiger partial charge in [0, 0.05) is 33.7 Å². The molecule has 0 radical (unpaired) electrons. The number of hydrogen-bond donors (Lipinski definition) is 0. The molecule has 45 heavy (non-hydrogen) atoms. The van der Waals surface area contributed by atoms with Crippen molar-refractivity contribution in [1.29, 1.82) is 0 Å². The lowest BCUT2D eigenvalue weighted by atomic mass is 9.98. The van der Waals surface area contributed by atoms with E-state index in [1.165, 1.54) is 88.4 Å². The van der Waals surface area contributed by atoms with Crippen LogP contribution in [0.15, 0.2) is 158 Å². The van der Waals surface area contributed by atoms with Gasteiger partial charge in [-0.25, -0.2) is 0 Å². The number of fused-ring (bicyclic) bond motifs is 9. The SMILES string of the molecule is c1cc(-c2ccc3c(c2)-c2cccc(-n4c5ccccc5c5ccccc54)c2C3)cc(-n2c3ccccc3c3ccccc32)c1. The Bertz CT molecular complexity index is 2520. The van der Waals surface area contributed by atoms with Gasteiger partial charge in [-0.1, -0.05) is 109 Å². The summed E-state index contributed by atoms with van der Waals surface area (Å²) in [6.07, 6.45) is 0.934. The Morgan fingerprint density at radius 1 is 0.378 bits per heavy atom. The molecule has 1 aliphatic carbocycles. The van der Waals surface area contributed by atoms with Crippen molar-refractivity contribution in [2.75, 3.05) is 0 Å². The fourth-order valence-corrected chi connectivity index (χ4v) is 7.78. The highest BCUT2D eigenvalue weighted by molar-refractivity contribution is 6.10. The normalized spacial score (nSPS) is 12.4. The van der Waals surface area contributed by atoms with Crippen LogP contribution < -0.4 is 0 Å². The van der Waals surface area contributed by atoms with Crippen molar-refractivity contribution in [1.82, 2.24) is 9.13 Å². The molecule has 0 fully saturated rings. The molecule has 7 aromatic carbocycles. The Kier molecular flexibility index (Phi) is 5.09. The maximum atomic E-state index is 2.46. The van der Waals surface area contributed by atoms with E-state index in [-0.39, 0.29) is 0 Å². The van der Waals surface area contributed by atoms with Crippen LogP contribution in [-0.2, 0) is 6.42 Å². The molecular weight excluding hydrogens is 544 g/mol. The largest absolute Gasteiger partial charge is 0.309 e. The van der Waals surface area contributed by atoms with Crippen LogP contribution in [0.25, 0.3) is 77.2 Å². The molecule has 0 atom stereocenters. The summed E-state index contributed by atoms with van der Waals surface area (Å²) in [5, 5.41) is 5.16. The summed E-state index contributed by atoms with van der Waals surface area (Å²) in [7, 11) is 0. The summed E-state index contributed by atoms with van der Waals surface area (Å²) in [6, 6.07) is 57.8. The number of benzene rings is 7. The zero-order chi connectivity index (χ0) is 29.5. The van der Waals surface area contributed by atoms with Gasteiger partial charge >= 0.3 is 0 Å². The molecule has 0 unspecified atom stereocenters. The lowest BCUT2D eigenvalue weighted by Crippen LogP contribution is -1.98. The fraction of sp³-hybridized carbons (Fsp3) is 0.0233. The van der Waals surface area contributed by atoms with E-state index in [1.54, 1.807) is 0 Å². The quantitative estimate of drug-likeness (QED) is 0.199.